The van der Waals surface area contributed by atoms with Crippen LogP contribution >= 0.6 is 0 Å². The topological polar surface area (TPSA) is 107 Å². The molecule has 3 heterocycles. The molecular formula is C30H28N2O7. The maximum absolute atomic E-state index is 13.5. The zero-order valence-corrected chi connectivity index (χ0v) is 21.5. The molecule has 1 aromatic heterocycles. The number of fused-ring (bicyclic) bond motifs is 1. The molecular weight excluding hydrogens is 500 g/mol. The highest BCUT2D eigenvalue weighted by atomic mass is 16.6. The highest BCUT2D eigenvalue weighted by Crippen LogP contribution is 2.43. The first-order valence-corrected chi connectivity index (χ1v) is 12.6. The summed E-state index contributed by atoms with van der Waals surface area (Å²) < 4.78 is 22.8. The number of nitrogens with zero attached hydrogens (tertiary/aromatic N) is 2. The molecule has 9 nitrogen and oxygen atoms in total. The first-order valence-electron chi connectivity index (χ1n) is 12.6. The van der Waals surface area contributed by atoms with Gasteiger partial charge in [0.05, 0.1) is 18.2 Å². The van der Waals surface area contributed by atoms with Gasteiger partial charge in [-0.25, -0.2) is 0 Å². The number of amides is 1. The van der Waals surface area contributed by atoms with Gasteiger partial charge in [0.15, 0.2) is 23.0 Å². The van der Waals surface area contributed by atoms with E-state index in [4.69, 9.17) is 18.9 Å². The fourth-order valence-electron chi connectivity index (χ4n) is 4.66. The van der Waals surface area contributed by atoms with E-state index in [-0.39, 0.29) is 24.5 Å². The van der Waals surface area contributed by atoms with E-state index in [9.17, 15) is 14.7 Å². The molecule has 5 rings (SSSR count). The molecule has 1 amide bonds. The second-order valence-electron chi connectivity index (χ2n) is 8.89. The summed E-state index contributed by atoms with van der Waals surface area (Å²) >= 11 is 0. The number of likely N-dealkylation sites (tertiary alicyclic amines) is 1. The van der Waals surface area contributed by atoms with Crippen LogP contribution in [-0.2, 0) is 16.1 Å². The summed E-state index contributed by atoms with van der Waals surface area (Å²) in [5.41, 5.74) is 1.61. The van der Waals surface area contributed by atoms with Crippen molar-refractivity contribution >= 4 is 17.4 Å². The molecule has 2 aliphatic heterocycles. The van der Waals surface area contributed by atoms with Gasteiger partial charge in [0.2, 0.25) is 0 Å². The monoisotopic (exact) mass is 528 g/mol. The van der Waals surface area contributed by atoms with Gasteiger partial charge in [0, 0.05) is 24.5 Å². The van der Waals surface area contributed by atoms with Crippen LogP contribution in [0, 0.1) is 0 Å². The molecule has 1 fully saturated rings. The summed E-state index contributed by atoms with van der Waals surface area (Å²) in [5, 5.41) is 11.5. The minimum Gasteiger partial charge on any atom is -0.507 e. The largest absolute Gasteiger partial charge is 0.507 e. The normalized spacial score (nSPS) is 17.7. The van der Waals surface area contributed by atoms with Crippen LogP contribution in [0.25, 0.3) is 5.76 Å². The van der Waals surface area contributed by atoms with Crippen LogP contribution in [0.5, 0.6) is 23.0 Å². The third-order valence-corrected chi connectivity index (χ3v) is 6.37. The molecule has 1 N–H and O–H groups in total. The lowest BCUT2D eigenvalue weighted by Gasteiger charge is -2.26. The van der Waals surface area contributed by atoms with Crippen LogP contribution < -0.4 is 18.9 Å². The molecule has 3 aromatic rings. The first-order chi connectivity index (χ1) is 19.0. The van der Waals surface area contributed by atoms with Crippen molar-refractivity contribution in [3.8, 4) is 23.0 Å². The van der Waals surface area contributed by atoms with Crippen molar-refractivity contribution in [2.24, 2.45) is 0 Å². The third kappa shape index (κ3) is 5.16. The van der Waals surface area contributed by atoms with E-state index in [1.165, 1.54) is 4.90 Å². The highest BCUT2D eigenvalue weighted by molar-refractivity contribution is 6.46. The van der Waals surface area contributed by atoms with Crippen LogP contribution in [0.1, 0.15) is 29.7 Å². The summed E-state index contributed by atoms with van der Waals surface area (Å²) in [6, 6.07) is 12.8. The Morgan fingerprint density at radius 2 is 1.92 bits per heavy atom. The summed E-state index contributed by atoms with van der Waals surface area (Å²) in [4.78, 5) is 32.4. The molecule has 0 spiro atoms. The number of aliphatic hydroxyl groups excluding tert-OH is 1. The lowest BCUT2D eigenvalue weighted by Crippen LogP contribution is -2.29. The van der Waals surface area contributed by atoms with Crippen LogP contribution in [0.4, 0.5) is 0 Å². The predicted octanol–water partition coefficient (Wildman–Crippen LogP) is 4.44. The van der Waals surface area contributed by atoms with Crippen molar-refractivity contribution in [2.75, 3.05) is 26.4 Å². The molecule has 1 atom stereocenters. The Balaban J connectivity index is 1.64. The number of Topliss-reactive ketones (excluding diaryl/α,β-unsaturated/α-hetero) is 1. The summed E-state index contributed by atoms with van der Waals surface area (Å²) in [6.45, 7) is 7.09. The second-order valence-corrected chi connectivity index (χ2v) is 8.89. The molecule has 2 aliphatic rings. The van der Waals surface area contributed by atoms with Crippen molar-refractivity contribution in [3.05, 3.63) is 95.8 Å². The Bertz CT molecular complexity index is 1430. The quantitative estimate of drug-likeness (QED) is 0.188. The van der Waals surface area contributed by atoms with E-state index < -0.39 is 17.7 Å². The maximum Gasteiger partial charge on any atom is 0.295 e. The Kier molecular flexibility index (Phi) is 7.49. The number of carbonyl (C=O) groups is 2. The Labute approximate surface area is 225 Å². The van der Waals surface area contributed by atoms with Crippen molar-refractivity contribution in [1.82, 2.24) is 9.88 Å². The van der Waals surface area contributed by atoms with Crippen molar-refractivity contribution in [3.63, 3.8) is 0 Å². The molecule has 9 heteroatoms. The van der Waals surface area contributed by atoms with E-state index in [0.29, 0.717) is 53.9 Å². The number of pyridine rings is 1. The fourth-order valence-corrected chi connectivity index (χ4v) is 4.66. The molecule has 1 saturated heterocycles. The molecule has 0 unspecified atom stereocenters. The van der Waals surface area contributed by atoms with Crippen LogP contribution in [0.15, 0.2) is 79.2 Å². The lowest BCUT2D eigenvalue weighted by atomic mass is 9.94. The zero-order valence-electron chi connectivity index (χ0n) is 21.5. The number of ether oxygens (including phenoxy) is 4. The second kappa shape index (κ2) is 11.3. The highest BCUT2D eigenvalue weighted by Gasteiger charge is 2.46. The van der Waals surface area contributed by atoms with E-state index in [0.717, 1.165) is 5.56 Å². The Morgan fingerprint density at radius 1 is 1.10 bits per heavy atom. The molecule has 200 valence electrons. The molecule has 0 saturated carbocycles. The average molecular weight is 529 g/mol. The third-order valence-electron chi connectivity index (χ3n) is 6.37. The number of carbonyl (C=O) groups excluding carboxylic acids is 2. The number of ketones is 1. The molecule has 0 radical (unpaired) electrons. The minimum absolute atomic E-state index is 0.0391. The van der Waals surface area contributed by atoms with Gasteiger partial charge >= 0.3 is 0 Å². The fraction of sp³-hybridized carbons (Fsp3) is 0.233. The SMILES string of the molecule is C=CCOc1ccc([C@@H]2/C(=C(\O)c3ccc4c(c3)OCCO4)C(=O)C(=O)N2Cc2cccnc2)cc1OCC. The van der Waals surface area contributed by atoms with Gasteiger partial charge in [0.1, 0.15) is 25.6 Å². The van der Waals surface area contributed by atoms with E-state index in [1.807, 2.05) is 13.0 Å². The number of aromatic nitrogens is 1. The van der Waals surface area contributed by atoms with Crippen LogP contribution in [-0.4, -0.2) is 53.1 Å². The summed E-state index contributed by atoms with van der Waals surface area (Å²) in [6.07, 6.45) is 4.89. The van der Waals surface area contributed by atoms with Gasteiger partial charge in [-0.15, -0.1) is 0 Å². The average Bonchev–Trinajstić information content (AvgIpc) is 3.21. The minimum atomic E-state index is -0.897. The zero-order chi connectivity index (χ0) is 27.4. The first kappa shape index (κ1) is 25.8. The summed E-state index contributed by atoms with van der Waals surface area (Å²) in [5.74, 6) is 0.111. The van der Waals surface area contributed by atoms with E-state index >= 15 is 0 Å². The molecule has 2 aromatic carbocycles. The smallest absolute Gasteiger partial charge is 0.295 e. The number of rotatable bonds is 9. The van der Waals surface area contributed by atoms with Gasteiger partial charge < -0.3 is 29.0 Å². The predicted molar refractivity (Wildman–Crippen MR) is 143 cm³/mol. The Morgan fingerprint density at radius 3 is 2.67 bits per heavy atom. The van der Waals surface area contributed by atoms with Crippen LogP contribution in [0.2, 0.25) is 0 Å². The number of hydrogen-bond donors (Lipinski definition) is 1. The number of benzene rings is 2. The van der Waals surface area contributed by atoms with Crippen molar-refractivity contribution in [1.29, 1.82) is 0 Å². The van der Waals surface area contributed by atoms with Gasteiger partial charge in [-0.3, -0.25) is 14.6 Å². The number of hydrogen-bond acceptors (Lipinski definition) is 8. The lowest BCUT2D eigenvalue weighted by molar-refractivity contribution is -0.140. The summed E-state index contributed by atoms with van der Waals surface area (Å²) in [7, 11) is 0. The van der Waals surface area contributed by atoms with Gasteiger partial charge in [-0.05, 0) is 54.4 Å². The molecule has 0 bridgehead atoms. The van der Waals surface area contributed by atoms with Gasteiger partial charge in [-0.2, -0.15) is 0 Å². The van der Waals surface area contributed by atoms with E-state index in [2.05, 4.69) is 11.6 Å². The van der Waals surface area contributed by atoms with Crippen molar-refractivity contribution in [2.45, 2.75) is 19.5 Å². The molecule has 0 aliphatic carbocycles. The standard InChI is InChI=1S/C30H28N2O7/c1-3-12-37-22-9-7-20(15-24(22)36-4-2)27-26(28(33)21-8-10-23-25(16-21)39-14-13-38-23)29(34)30(35)32(27)18-19-6-5-11-31-17-19/h3,5-11,15-17,27,33H,1,4,12-14,18H2,2H3/b28-26+/t27-/m1/s1. The maximum atomic E-state index is 13.5. The van der Waals surface area contributed by atoms with Crippen LogP contribution in [0.3, 0.4) is 0 Å². The van der Waals surface area contributed by atoms with E-state index in [1.54, 1.807) is 60.9 Å². The van der Waals surface area contributed by atoms with Crippen molar-refractivity contribution < 1.29 is 33.6 Å². The van der Waals surface area contributed by atoms with Gasteiger partial charge in [0.25, 0.3) is 11.7 Å². The molecule has 39 heavy (non-hydrogen) atoms. The Hall–Kier alpha value is -4.79. The number of aliphatic hydroxyl groups is 1. The van der Waals surface area contributed by atoms with Gasteiger partial charge in [-0.1, -0.05) is 24.8 Å².